The van der Waals surface area contributed by atoms with Gasteiger partial charge in [0.05, 0.1) is 18.4 Å². The predicted molar refractivity (Wildman–Crippen MR) is 112 cm³/mol. The third kappa shape index (κ3) is 7.16. The predicted octanol–water partition coefficient (Wildman–Crippen LogP) is 5.21. The summed E-state index contributed by atoms with van der Waals surface area (Å²) in [6, 6.07) is 9.91. The largest absolute Gasteiger partial charge is 0.495 e. The van der Waals surface area contributed by atoms with Crippen LogP contribution >= 0.6 is 0 Å². The number of ether oxygens (including phenoxy) is 2. The number of benzene rings is 2. The summed E-state index contributed by atoms with van der Waals surface area (Å²) in [5.41, 5.74) is 0.626. The summed E-state index contributed by atoms with van der Waals surface area (Å²) in [4.78, 5) is 24.0. The number of alkyl halides is 3. The van der Waals surface area contributed by atoms with Gasteiger partial charge in [-0.25, -0.2) is 4.79 Å². The third-order valence-corrected chi connectivity index (χ3v) is 4.31. The Bertz CT molecular complexity index is 976. The lowest BCUT2D eigenvalue weighted by atomic mass is 9.87. The molecule has 166 valence electrons. The highest BCUT2D eigenvalue weighted by atomic mass is 19.4. The van der Waals surface area contributed by atoms with Gasteiger partial charge in [0.25, 0.3) is 5.91 Å². The molecule has 2 rings (SSSR count). The van der Waals surface area contributed by atoms with Gasteiger partial charge in [-0.05, 0) is 46.9 Å². The van der Waals surface area contributed by atoms with Gasteiger partial charge in [0.2, 0.25) is 0 Å². The minimum atomic E-state index is -4.48. The van der Waals surface area contributed by atoms with Crippen LogP contribution in [0, 0.1) is 0 Å². The third-order valence-electron chi connectivity index (χ3n) is 4.31. The number of halogens is 3. The van der Waals surface area contributed by atoms with Gasteiger partial charge < -0.3 is 14.8 Å². The zero-order chi connectivity index (χ0) is 23.2. The first-order valence-electron chi connectivity index (χ1n) is 9.40. The van der Waals surface area contributed by atoms with E-state index in [2.05, 4.69) is 5.32 Å². The molecule has 0 aliphatic carbocycles. The Morgan fingerprint density at radius 1 is 1.03 bits per heavy atom. The van der Waals surface area contributed by atoms with Gasteiger partial charge in [0.15, 0.2) is 6.61 Å². The molecule has 0 heterocycles. The summed E-state index contributed by atoms with van der Waals surface area (Å²) >= 11 is 0. The zero-order valence-corrected chi connectivity index (χ0v) is 17.7. The number of carbonyl (C=O) groups is 2. The maximum atomic E-state index is 12.7. The first-order valence-corrected chi connectivity index (χ1v) is 9.40. The van der Waals surface area contributed by atoms with Crippen molar-refractivity contribution in [1.29, 1.82) is 0 Å². The molecule has 0 bridgehead atoms. The molecule has 0 radical (unpaired) electrons. The fourth-order valence-corrected chi connectivity index (χ4v) is 2.63. The highest BCUT2D eigenvalue weighted by Gasteiger charge is 2.30. The van der Waals surface area contributed by atoms with E-state index in [1.54, 1.807) is 12.1 Å². The topological polar surface area (TPSA) is 64.6 Å². The van der Waals surface area contributed by atoms with Gasteiger partial charge >= 0.3 is 12.1 Å². The molecule has 0 unspecified atom stereocenters. The number of hydrogen-bond acceptors (Lipinski definition) is 4. The van der Waals surface area contributed by atoms with Crippen molar-refractivity contribution in [3.63, 3.8) is 0 Å². The van der Waals surface area contributed by atoms with Crippen molar-refractivity contribution in [3.05, 3.63) is 65.2 Å². The Morgan fingerprint density at radius 2 is 1.74 bits per heavy atom. The molecule has 1 N–H and O–H groups in total. The molecule has 2 aromatic rings. The van der Waals surface area contributed by atoms with Gasteiger partial charge in [-0.3, -0.25) is 4.79 Å². The SMILES string of the molecule is COc1ccc(C(C)(C)C)cc1NC(=O)COC(=O)/C=C/c1cccc(C(F)(F)F)c1. The number of rotatable bonds is 6. The number of hydrogen-bond donors (Lipinski definition) is 1. The molecular weight excluding hydrogens is 411 g/mol. The standard InChI is InChI=1S/C23H24F3NO4/c1-22(2,3)16-9-10-19(30-4)18(13-16)27-20(28)14-31-21(29)11-8-15-6-5-7-17(12-15)23(24,25)26/h5-13H,14H2,1-4H3,(H,27,28)/b11-8+. The van der Waals surface area contributed by atoms with Gasteiger partial charge in [-0.1, -0.05) is 39.0 Å². The van der Waals surface area contributed by atoms with Crippen molar-refractivity contribution in [2.75, 3.05) is 19.0 Å². The van der Waals surface area contributed by atoms with E-state index in [1.165, 1.54) is 25.3 Å². The second kappa shape index (κ2) is 9.68. The zero-order valence-electron chi connectivity index (χ0n) is 17.7. The molecule has 0 fully saturated rings. The van der Waals surface area contributed by atoms with Crippen LogP contribution in [0.5, 0.6) is 5.75 Å². The molecular formula is C23H24F3NO4. The van der Waals surface area contributed by atoms with E-state index in [0.717, 1.165) is 23.8 Å². The maximum Gasteiger partial charge on any atom is 0.416 e. The molecule has 2 aromatic carbocycles. The van der Waals surface area contributed by atoms with E-state index in [4.69, 9.17) is 9.47 Å². The molecule has 0 aromatic heterocycles. The average Bonchev–Trinajstić information content (AvgIpc) is 2.69. The molecule has 1 amide bonds. The Morgan fingerprint density at radius 3 is 2.35 bits per heavy atom. The molecule has 5 nitrogen and oxygen atoms in total. The van der Waals surface area contributed by atoms with E-state index in [-0.39, 0.29) is 11.0 Å². The van der Waals surface area contributed by atoms with Crippen molar-refractivity contribution in [2.45, 2.75) is 32.4 Å². The lowest BCUT2D eigenvalue weighted by molar-refractivity contribution is -0.142. The van der Waals surface area contributed by atoms with Crippen molar-refractivity contribution in [1.82, 2.24) is 0 Å². The van der Waals surface area contributed by atoms with Crippen LogP contribution in [-0.4, -0.2) is 25.6 Å². The molecule has 0 atom stereocenters. The van der Waals surface area contributed by atoms with Crippen molar-refractivity contribution in [3.8, 4) is 5.75 Å². The molecule has 8 heteroatoms. The number of amides is 1. The van der Waals surface area contributed by atoms with Crippen LogP contribution in [0.15, 0.2) is 48.5 Å². The lowest BCUT2D eigenvalue weighted by Crippen LogP contribution is -2.21. The molecule has 0 aliphatic rings. The number of esters is 1. The quantitative estimate of drug-likeness (QED) is 0.500. The van der Waals surface area contributed by atoms with Crippen LogP contribution in [0.1, 0.15) is 37.5 Å². The minimum absolute atomic E-state index is 0.146. The van der Waals surface area contributed by atoms with E-state index in [0.29, 0.717) is 11.4 Å². The summed E-state index contributed by atoms with van der Waals surface area (Å²) in [7, 11) is 1.47. The number of nitrogens with one attached hydrogen (secondary N) is 1. The fraction of sp³-hybridized carbons (Fsp3) is 0.304. The number of carbonyl (C=O) groups excluding carboxylic acids is 2. The van der Waals surface area contributed by atoms with Crippen LogP contribution < -0.4 is 10.1 Å². The summed E-state index contributed by atoms with van der Waals surface area (Å²) in [6.07, 6.45) is -2.33. The Labute approximate surface area is 178 Å². The maximum absolute atomic E-state index is 12.7. The first kappa shape index (κ1) is 24.0. The van der Waals surface area contributed by atoms with E-state index >= 15 is 0 Å². The summed E-state index contributed by atoms with van der Waals surface area (Å²) < 4.78 is 48.3. The molecule has 0 aliphatic heterocycles. The molecule has 0 saturated heterocycles. The van der Waals surface area contributed by atoms with Crippen LogP contribution in [0.2, 0.25) is 0 Å². The minimum Gasteiger partial charge on any atom is -0.495 e. The smallest absolute Gasteiger partial charge is 0.416 e. The van der Waals surface area contributed by atoms with E-state index in [1.807, 2.05) is 26.8 Å². The van der Waals surface area contributed by atoms with Gasteiger partial charge in [-0.2, -0.15) is 13.2 Å². The Kier molecular flexibility index (Phi) is 7.49. The Balaban J connectivity index is 1.97. The lowest BCUT2D eigenvalue weighted by Gasteiger charge is -2.21. The van der Waals surface area contributed by atoms with Gasteiger partial charge in [0, 0.05) is 6.08 Å². The van der Waals surface area contributed by atoms with E-state index in [9.17, 15) is 22.8 Å². The number of anilines is 1. The van der Waals surface area contributed by atoms with E-state index < -0.39 is 30.2 Å². The number of methoxy groups -OCH3 is 1. The molecule has 31 heavy (non-hydrogen) atoms. The van der Waals surface area contributed by atoms with Crippen molar-refractivity contribution < 1.29 is 32.2 Å². The van der Waals surface area contributed by atoms with Gasteiger partial charge in [-0.15, -0.1) is 0 Å². The monoisotopic (exact) mass is 435 g/mol. The second-order valence-corrected chi connectivity index (χ2v) is 7.78. The van der Waals surface area contributed by atoms with Crippen molar-refractivity contribution in [2.24, 2.45) is 0 Å². The second-order valence-electron chi connectivity index (χ2n) is 7.78. The summed E-state index contributed by atoms with van der Waals surface area (Å²) in [5, 5.41) is 2.64. The highest BCUT2D eigenvalue weighted by molar-refractivity contribution is 5.95. The van der Waals surface area contributed by atoms with Crippen LogP contribution in [0.3, 0.4) is 0 Å². The summed E-state index contributed by atoms with van der Waals surface area (Å²) in [5.74, 6) is -0.981. The fourth-order valence-electron chi connectivity index (χ4n) is 2.63. The van der Waals surface area contributed by atoms with Crippen LogP contribution in [0.4, 0.5) is 18.9 Å². The van der Waals surface area contributed by atoms with Crippen molar-refractivity contribution >= 4 is 23.6 Å². The Hall–Kier alpha value is -3.29. The van der Waals surface area contributed by atoms with Crippen LogP contribution in [0.25, 0.3) is 6.08 Å². The van der Waals surface area contributed by atoms with Gasteiger partial charge in [0.1, 0.15) is 5.75 Å². The summed E-state index contributed by atoms with van der Waals surface area (Å²) in [6.45, 7) is 5.52. The molecule has 0 saturated carbocycles. The normalized spacial score (nSPS) is 12.0. The first-order chi connectivity index (χ1) is 14.4. The average molecular weight is 435 g/mol. The highest BCUT2D eigenvalue weighted by Crippen LogP contribution is 2.31. The van der Waals surface area contributed by atoms with Crippen LogP contribution in [-0.2, 0) is 25.9 Å². The molecule has 0 spiro atoms.